The smallest absolute Gasteiger partial charge is 0.0882 e. The lowest BCUT2D eigenvalue weighted by Crippen LogP contribution is -2.06. The highest BCUT2D eigenvalue weighted by Crippen LogP contribution is 2.09. The van der Waals surface area contributed by atoms with Crippen LogP contribution in [-0.2, 0) is 6.54 Å². The van der Waals surface area contributed by atoms with Gasteiger partial charge in [0.25, 0.3) is 0 Å². The van der Waals surface area contributed by atoms with Crippen LogP contribution < -0.4 is 5.32 Å². The van der Waals surface area contributed by atoms with Crippen LogP contribution in [0.1, 0.15) is 5.69 Å². The van der Waals surface area contributed by atoms with Crippen molar-refractivity contribution in [2.75, 3.05) is 7.05 Å². The molecule has 0 aliphatic heterocycles. The summed E-state index contributed by atoms with van der Waals surface area (Å²) in [6, 6.07) is 6.05. The molecule has 0 amide bonds. The summed E-state index contributed by atoms with van der Waals surface area (Å²) in [6.07, 6.45) is 1.90. The number of rotatable bonds is 2. The summed E-state index contributed by atoms with van der Waals surface area (Å²) in [5, 5.41) is 3.07. The van der Waals surface area contributed by atoms with Crippen molar-refractivity contribution in [3.63, 3.8) is 0 Å². The predicted molar refractivity (Wildman–Crippen MR) is 56.1 cm³/mol. The molecule has 2 N–H and O–H groups in total. The molecule has 0 bridgehead atoms. The van der Waals surface area contributed by atoms with E-state index >= 15 is 0 Å². The first-order valence-electron chi connectivity index (χ1n) is 3.98. The third-order valence-electron chi connectivity index (χ3n) is 1.82. The molecule has 2 aromatic rings. The average Bonchev–Trinajstić information content (AvgIpc) is 2.51. The summed E-state index contributed by atoms with van der Waals surface area (Å²) in [7, 11) is 1.92. The molecule has 13 heavy (non-hydrogen) atoms. The Morgan fingerprint density at radius 3 is 3.00 bits per heavy atom. The fourth-order valence-corrected chi connectivity index (χ4v) is 1.26. The quantitative estimate of drug-likeness (QED) is 0.770. The maximum absolute atomic E-state index is 4.43. The average molecular weight is 198 g/mol. The molecule has 0 saturated carbocycles. The minimum Gasteiger partial charge on any atom is -0.360 e. The van der Waals surface area contributed by atoms with Gasteiger partial charge in [0.05, 0.1) is 16.7 Å². The molecule has 0 radical (unpaired) electrons. The fraction of sp³-hybridized carbons (Fsp3) is 0.222. The molecule has 0 aliphatic carbocycles. The van der Waals surface area contributed by atoms with Crippen LogP contribution in [0.15, 0.2) is 24.4 Å². The van der Waals surface area contributed by atoms with Crippen molar-refractivity contribution in [1.29, 1.82) is 0 Å². The highest BCUT2D eigenvalue weighted by atomic mass is 35.5. The van der Waals surface area contributed by atoms with E-state index in [9.17, 15) is 0 Å². The second-order valence-corrected chi connectivity index (χ2v) is 2.74. The molecule has 0 spiro atoms. The number of aromatic amines is 1. The Morgan fingerprint density at radius 1 is 1.38 bits per heavy atom. The minimum absolute atomic E-state index is 0. The topological polar surface area (TPSA) is 40.7 Å². The van der Waals surface area contributed by atoms with Crippen molar-refractivity contribution in [2.24, 2.45) is 0 Å². The van der Waals surface area contributed by atoms with Gasteiger partial charge in [0.2, 0.25) is 0 Å². The molecule has 0 fully saturated rings. The Labute approximate surface area is 83.0 Å². The number of hydrogen-bond donors (Lipinski definition) is 2. The zero-order valence-electron chi connectivity index (χ0n) is 7.37. The normalized spacial score (nSPS) is 9.92. The van der Waals surface area contributed by atoms with Crippen LogP contribution in [0.5, 0.6) is 0 Å². The lowest BCUT2D eigenvalue weighted by molar-refractivity contribution is 0.795. The fourth-order valence-electron chi connectivity index (χ4n) is 1.26. The Balaban J connectivity index is 0.000000845. The van der Waals surface area contributed by atoms with Crippen LogP contribution in [0.4, 0.5) is 0 Å². The number of hydrogen-bond acceptors (Lipinski definition) is 2. The largest absolute Gasteiger partial charge is 0.360 e. The molecule has 2 heterocycles. The van der Waals surface area contributed by atoms with Crippen molar-refractivity contribution in [3.8, 4) is 0 Å². The van der Waals surface area contributed by atoms with E-state index in [0.717, 1.165) is 23.3 Å². The molecule has 0 unspecified atom stereocenters. The maximum Gasteiger partial charge on any atom is 0.0882 e. The van der Waals surface area contributed by atoms with Crippen LogP contribution in [0, 0.1) is 0 Å². The third kappa shape index (κ3) is 1.99. The van der Waals surface area contributed by atoms with Gasteiger partial charge in [-0.3, -0.25) is 0 Å². The van der Waals surface area contributed by atoms with Gasteiger partial charge in [0.1, 0.15) is 0 Å². The third-order valence-corrected chi connectivity index (χ3v) is 1.82. The van der Waals surface area contributed by atoms with E-state index in [1.54, 1.807) is 0 Å². The van der Waals surface area contributed by atoms with Gasteiger partial charge >= 0.3 is 0 Å². The van der Waals surface area contributed by atoms with E-state index in [2.05, 4.69) is 21.4 Å². The van der Waals surface area contributed by atoms with E-state index in [1.807, 2.05) is 25.4 Å². The van der Waals surface area contributed by atoms with Gasteiger partial charge in [0, 0.05) is 12.7 Å². The monoisotopic (exact) mass is 197 g/mol. The molecular weight excluding hydrogens is 186 g/mol. The van der Waals surface area contributed by atoms with Gasteiger partial charge in [0.15, 0.2) is 0 Å². The summed E-state index contributed by atoms with van der Waals surface area (Å²) in [6.45, 7) is 0.821. The van der Waals surface area contributed by atoms with Crippen molar-refractivity contribution in [2.45, 2.75) is 6.54 Å². The number of aromatic nitrogens is 2. The lowest BCUT2D eigenvalue weighted by atomic mass is 10.3. The molecule has 70 valence electrons. The lowest BCUT2D eigenvalue weighted by Gasteiger charge is -1.97. The summed E-state index contributed by atoms with van der Waals surface area (Å²) in [5.74, 6) is 0. The Hall–Kier alpha value is -1.06. The maximum atomic E-state index is 4.43. The first kappa shape index (κ1) is 10.0. The molecule has 2 rings (SSSR count). The number of nitrogens with zero attached hydrogens (tertiary/aromatic N) is 1. The molecule has 0 atom stereocenters. The minimum atomic E-state index is 0. The highest BCUT2D eigenvalue weighted by Gasteiger charge is 1.96. The Morgan fingerprint density at radius 2 is 2.23 bits per heavy atom. The number of nitrogens with one attached hydrogen (secondary N) is 2. The van der Waals surface area contributed by atoms with E-state index in [1.165, 1.54) is 0 Å². The van der Waals surface area contributed by atoms with E-state index in [0.29, 0.717) is 0 Å². The van der Waals surface area contributed by atoms with Crippen molar-refractivity contribution in [3.05, 3.63) is 30.1 Å². The first-order valence-corrected chi connectivity index (χ1v) is 3.98. The van der Waals surface area contributed by atoms with Crippen LogP contribution >= 0.6 is 12.4 Å². The van der Waals surface area contributed by atoms with Crippen LogP contribution in [-0.4, -0.2) is 17.0 Å². The van der Waals surface area contributed by atoms with E-state index in [-0.39, 0.29) is 12.4 Å². The van der Waals surface area contributed by atoms with Crippen LogP contribution in [0.2, 0.25) is 0 Å². The second kappa shape index (κ2) is 4.25. The molecule has 3 nitrogen and oxygen atoms in total. The Kier molecular flexibility index (Phi) is 3.28. The Bertz CT molecular complexity index is 383. The first-order chi connectivity index (χ1) is 5.90. The van der Waals surface area contributed by atoms with E-state index < -0.39 is 0 Å². The number of halogens is 1. The number of H-pyrrole nitrogens is 1. The van der Waals surface area contributed by atoms with Gasteiger partial charge in [-0.2, -0.15) is 0 Å². The van der Waals surface area contributed by atoms with Gasteiger partial charge in [-0.25, -0.2) is 4.98 Å². The van der Waals surface area contributed by atoms with Crippen molar-refractivity contribution < 1.29 is 0 Å². The molecular formula is C9H12ClN3. The second-order valence-electron chi connectivity index (χ2n) is 2.74. The van der Waals surface area contributed by atoms with Crippen molar-refractivity contribution >= 4 is 23.4 Å². The number of fused-ring (bicyclic) bond motifs is 1. The summed E-state index contributed by atoms with van der Waals surface area (Å²) >= 11 is 0. The van der Waals surface area contributed by atoms with Gasteiger partial charge < -0.3 is 10.3 Å². The van der Waals surface area contributed by atoms with Crippen LogP contribution in [0.25, 0.3) is 11.0 Å². The summed E-state index contributed by atoms with van der Waals surface area (Å²) in [4.78, 5) is 7.54. The molecule has 4 heteroatoms. The predicted octanol–water partition coefficient (Wildman–Crippen LogP) is 1.70. The SMILES string of the molecule is CNCc1ccc2[nH]ccc2n1.Cl. The molecule has 2 aromatic heterocycles. The summed E-state index contributed by atoms with van der Waals surface area (Å²) in [5.41, 5.74) is 3.20. The molecule has 0 aliphatic rings. The zero-order valence-corrected chi connectivity index (χ0v) is 8.19. The standard InChI is InChI=1S/C9H11N3.ClH/c1-10-6-7-2-3-8-9(12-7)4-5-11-8;/h2-5,10-11H,6H2,1H3;1H. The van der Waals surface area contributed by atoms with Gasteiger partial charge in [-0.05, 0) is 25.2 Å². The van der Waals surface area contributed by atoms with E-state index in [4.69, 9.17) is 0 Å². The summed E-state index contributed by atoms with van der Waals surface area (Å²) < 4.78 is 0. The molecule has 0 aromatic carbocycles. The molecule has 0 saturated heterocycles. The number of pyridine rings is 1. The van der Waals surface area contributed by atoms with Gasteiger partial charge in [-0.15, -0.1) is 12.4 Å². The van der Waals surface area contributed by atoms with Crippen molar-refractivity contribution in [1.82, 2.24) is 15.3 Å². The highest BCUT2D eigenvalue weighted by molar-refractivity contribution is 5.85. The zero-order chi connectivity index (χ0) is 8.39. The van der Waals surface area contributed by atoms with Gasteiger partial charge in [-0.1, -0.05) is 0 Å². The van der Waals surface area contributed by atoms with Crippen LogP contribution in [0.3, 0.4) is 0 Å².